The van der Waals surface area contributed by atoms with Gasteiger partial charge in [0.25, 0.3) is 5.20 Å². The summed E-state index contributed by atoms with van der Waals surface area (Å²) >= 11 is 3.40. The number of hydrogen-bond acceptors (Lipinski definition) is 2. The quantitative estimate of drug-likeness (QED) is 0.614. The summed E-state index contributed by atoms with van der Waals surface area (Å²) in [5.74, 6) is 0.847. The van der Waals surface area contributed by atoms with E-state index < -0.39 is 0 Å². The molecule has 1 unspecified atom stereocenters. The van der Waals surface area contributed by atoms with Gasteiger partial charge in [0, 0.05) is 0 Å². The molecule has 1 aliphatic rings. The minimum Gasteiger partial charge on any atom is -0.455 e. The second-order valence-electron chi connectivity index (χ2n) is 4.25. The number of aryl methyl sites for hydroxylation is 1. The molecule has 0 aliphatic heterocycles. The van der Waals surface area contributed by atoms with Gasteiger partial charge < -0.3 is 9.47 Å². The van der Waals surface area contributed by atoms with Crippen LogP contribution in [-0.4, -0.2) is 11.3 Å². The second-order valence-corrected chi connectivity index (χ2v) is 5.00. The molecule has 1 atom stereocenters. The molecule has 1 aromatic carbocycles. The summed E-state index contributed by atoms with van der Waals surface area (Å²) in [5, 5.41) is -0.336. The highest BCUT2D eigenvalue weighted by atomic mass is 79.9. The average Bonchev–Trinajstić information content (AvgIpc) is 2.70. The van der Waals surface area contributed by atoms with E-state index in [2.05, 4.69) is 15.9 Å². The van der Waals surface area contributed by atoms with E-state index >= 15 is 0 Å². The smallest absolute Gasteiger partial charge is 0.257 e. The zero-order valence-electron chi connectivity index (χ0n) is 9.49. The molecular formula is C13H17BrO2. The van der Waals surface area contributed by atoms with Gasteiger partial charge in [-0.2, -0.15) is 0 Å². The molecule has 1 aromatic rings. The maximum absolute atomic E-state index is 5.75. The molecular weight excluding hydrogens is 268 g/mol. The molecule has 1 fully saturated rings. The van der Waals surface area contributed by atoms with Crippen LogP contribution in [0.1, 0.15) is 31.2 Å². The van der Waals surface area contributed by atoms with Crippen molar-refractivity contribution < 1.29 is 9.47 Å². The lowest BCUT2D eigenvalue weighted by Gasteiger charge is -2.18. The summed E-state index contributed by atoms with van der Waals surface area (Å²) in [6.07, 6.45) is 5.21. The lowest BCUT2D eigenvalue weighted by Crippen LogP contribution is -2.19. The molecule has 16 heavy (non-hydrogen) atoms. The van der Waals surface area contributed by atoms with Gasteiger partial charge in [0.1, 0.15) is 5.75 Å². The molecule has 1 saturated carbocycles. The summed E-state index contributed by atoms with van der Waals surface area (Å²) in [6, 6.07) is 7.99. The Morgan fingerprint density at radius 2 is 2.06 bits per heavy atom. The van der Waals surface area contributed by atoms with E-state index in [4.69, 9.17) is 9.47 Å². The third kappa shape index (κ3) is 3.49. The van der Waals surface area contributed by atoms with Gasteiger partial charge in [-0.05, 0) is 53.4 Å². The van der Waals surface area contributed by atoms with E-state index in [0.29, 0.717) is 6.10 Å². The highest BCUT2D eigenvalue weighted by Crippen LogP contribution is 2.25. The molecule has 0 aromatic heterocycles. The van der Waals surface area contributed by atoms with Gasteiger partial charge in [-0.1, -0.05) is 25.0 Å². The largest absolute Gasteiger partial charge is 0.455 e. The minimum absolute atomic E-state index is 0.336. The Bertz CT molecular complexity index is 334. The summed E-state index contributed by atoms with van der Waals surface area (Å²) in [6.45, 7) is 2.05. The zero-order valence-corrected chi connectivity index (χ0v) is 11.1. The molecule has 0 heterocycles. The summed E-state index contributed by atoms with van der Waals surface area (Å²) in [5.41, 5.74) is 1.19. The molecule has 1 aliphatic carbocycles. The van der Waals surface area contributed by atoms with Gasteiger partial charge in [0.15, 0.2) is 0 Å². The van der Waals surface area contributed by atoms with Gasteiger partial charge >= 0.3 is 0 Å². The fourth-order valence-electron chi connectivity index (χ4n) is 2.00. The van der Waals surface area contributed by atoms with Crippen molar-refractivity contribution in [3.63, 3.8) is 0 Å². The van der Waals surface area contributed by atoms with Crippen molar-refractivity contribution in [2.24, 2.45) is 0 Å². The van der Waals surface area contributed by atoms with Crippen LogP contribution in [0.2, 0.25) is 0 Å². The van der Waals surface area contributed by atoms with Gasteiger partial charge in [-0.25, -0.2) is 0 Å². The zero-order chi connectivity index (χ0) is 11.4. The van der Waals surface area contributed by atoms with Crippen LogP contribution in [0.25, 0.3) is 0 Å². The molecule has 0 bridgehead atoms. The number of ether oxygens (including phenoxy) is 2. The summed E-state index contributed by atoms with van der Waals surface area (Å²) in [4.78, 5) is 0. The third-order valence-electron chi connectivity index (χ3n) is 2.82. The molecule has 0 N–H and O–H groups in total. The molecule has 0 amide bonds. The van der Waals surface area contributed by atoms with Crippen molar-refractivity contribution in [3.8, 4) is 5.75 Å². The van der Waals surface area contributed by atoms with Crippen LogP contribution in [0.15, 0.2) is 24.3 Å². The molecule has 88 valence electrons. The maximum atomic E-state index is 5.75. The van der Waals surface area contributed by atoms with Crippen LogP contribution in [0.3, 0.4) is 0 Å². The first-order valence-electron chi connectivity index (χ1n) is 5.77. The molecule has 3 heteroatoms. The van der Waals surface area contributed by atoms with E-state index in [0.717, 1.165) is 18.6 Å². The monoisotopic (exact) mass is 284 g/mol. The molecule has 0 saturated heterocycles. The van der Waals surface area contributed by atoms with Crippen LogP contribution in [-0.2, 0) is 4.74 Å². The first kappa shape index (κ1) is 11.9. The highest BCUT2D eigenvalue weighted by molar-refractivity contribution is 9.09. The van der Waals surface area contributed by atoms with Gasteiger partial charge in [0.05, 0.1) is 6.10 Å². The highest BCUT2D eigenvalue weighted by Gasteiger charge is 2.19. The predicted octanol–water partition coefficient (Wildman–Crippen LogP) is 4.01. The fraction of sp³-hybridized carbons (Fsp3) is 0.538. The van der Waals surface area contributed by atoms with Crippen molar-refractivity contribution in [3.05, 3.63) is 29.8 Å². The van der Waals surface area contributed by atoms with Crippen molar-refractivity contribution >= 4 is 15.9 Å². The Kier molecular flexibility index (Phi) is 4.24. The van der Waals surface area contributed by atoms with Crippen molar-refractivity contribution in [1.29, 1.82) is 0 Å². The Balaban J connectivity index is 1.84. The Labute approximate surface area is 105 Å². The van der Waals surface area contributed by atoms with Crippen LogP contribution >= 0.6 is 15.9 Å². The standard InChI is InChI=1S/C13H17BrO2/c1-10-5-4-8-12(9-10)16-13(14)15-11-6-2-3-7-11/h4-5,8-9,11,13H,2-3,6-7H2,1H3. The number of rotatable bonds is 4. The van der Waals surface area contributed by atoms with Crippen molar-refractivity contribution in [2.45, 2.75) is 43.9 Å². The van der Waals surface area contributed by atoms with E-state index in [9.17, 15) is 0 Å². The number of halogens is 1. The lowest BCUT2D eigenvalue weighted by atomic mass is 10.2. The van der Waals surface area contributed by atoms with E-state index in [1.54, 1.807) is 0 Å². The van der Waals surface area contributed by atoms with Crippen LogP contribution in [0, 0.1) is 6.92 Å². The lowest BCUT2D eigenvalue weighted by molar-refractivity contribution is -0.0542. The molecule has 0 spiro atoms. The maximum Gasteiger partial charge on any atom is 0.257 e. The SMILES string of the molecule is Cc1cccc(OC(Br)OC2CCCC2)c1. The van der Waals surface area contributed by atoms with E-state index in [1.165, 1.54) is 18.4 Å². The number of benzene rings is 1. The first-order chi connectivity index (χ1) is 7.74. The topological polar surface area (TPSA) is 18.5 Å². The second kappa shape index (κ2) is 5.69. The Morgan fingerprint density at radius 3 is 2.75 bits per heavy atom. The van der Waals surface area contributed by atoms with Crippen molar-refractivity contribution in [2.75, 3.05) is 0 Å². The number of alkyl halides is 1. The summed E-state index contributed by atoms with van der Waals surface area (Å²) < 4.78 is 11.4. The van der Waals surface area contributed by atoms with Crippen LogP contribution < -0.4 is 4.74 Å². The van der Waals surface area contributed by atoms with Crippen molar-refractivity contribution in [1.82, 2.24) is 0 Å². The predicted molar refractivity (Wildman–Crippen MR) is 67.9 cm³/mol. The van der Waals surface area contributed by atoms with Gasteiger partial charge in [-0.3, -0.25) is 0 Å². The van der Waals surface area contributed by atoms with Crippen LogP contribution in [0.5, 0.6) is 5.75 Å². The molecule has 2 nitrogen and oxygen atoms in total. The third-order valence-corrected chi connectivity index (χ3v) is 3.22. The van der Waals surface area contributed by atoms with E-state index in [1.807, 2.05) is 31.2 Å². The first-order valence-corrected chi connectivity index (χ1v) is 6.68. The van der Waals surface area contributed by atoms with Gasteiger partial charge in [-0.15, -0.1) is 0 Å². The van der Waals surface area contributed by atoms with E-state index in [-0.39, 0.29) is 5.20 Å². The number of hydrogen-bond donors (Lipinski definition) is 0. The average molecular weight is 285 g/mol. The van der Waals surface area contributed by atoms with Gasteiger partial charge in [0.2, 0.25) is 0 Å². The van der Waals surface area contributed by atoms with Crippen LogP contribution in [0.4, 0.5) is 0 Å². The molecule has 0 radical (unpaired) electrons. The molecule has 2 rings (SSSR count). The fourth-order valence-corrected chi connectivity index (χ4v) is 2.52. The minimum atomic E-state index is -0.336. The Morgan fingerprint density at radius 1 is 1.31 bits per heavy atom. The normalized spacial score (nSPS) is 18.6. The summed E-state index contributed by atoms with van der Waals surface area (Å²) in [7, 11) is 0. The Hall–Kier alpha value is -0.540.